The van der Waals surface area contributed by atoms with Crippen molar-refractivity contribution >= 4 is 23.3 Å². The van der Waals surface area contributed by atoms with Crippen LogP contribution < -0.4 is 14.8 Å². The Hall–Kier alpha value is -3.62. The first-order valence-electron chi connectivity index (χ1n) is 7.38. The number of benzene rings is 2. The molecule has 9 heteroatoms. The summed E-state index contributed by atoms with van der Waals surface area (Å²) in [4.78, 5) is 34.2. The zero-order valence-electron chi connectivity index (χ0n) is 14.1. The normalized spacial score (nSPS) is 9.92. The SMILES string of the molecule is COc1ccc(C(=O)OCC(=O)Nc2ccc(OC)cc2[N+](=O)[O-])cc1. The number of rotatable bonds is 7. The van der Waals surface area contributed by atoms with Gasteiger partial charge in [0.25, 0.3) is 11.6 Å². The lowest BCUT2D eigenvalue weighted by molar-refractivity contribution is -0.384. The topological polar surface area (TPSA) is 117 Å². The van der Waals surface area contributed by atoms with Gasteiger partial charge in [0.1, 0.15) is 17.2 Å². The molecular weight excluding hydrogens is 344 g/mol. The molecule has 0 spiro atoms. The number of methoxy groups -OCH3 is 2. The molecule has 9 nitrogen and oxygen atoms in total. The van der Waals surface area contributed by atoms with E-state index in [2.05, 4.69) is 5.32 Å². The number of esters is 1. The summed E-state index contributed by atoms with van der Waals surface area (Å²) < 4.78 is 14.8. The molecule has 0 atom stereocenters. The number of hydrogen-bond acceptors (Lipinski definition) is 7. The molecule has 2 aromatic carbocycles. The van der Waals surface area contributed by atoms with Crippen LogP contribution in [0.1, 0.15) is 10.4 Å². The molecule has 0 aliphatic rings. The van der Waals surface area contributed by atoms with Crippen LogP contribution in [0.25, 0.3) is 0 Å². The van der Waals surface area contributed by atoms with Crippen LogP contribution in [0.5, 0.6) is 11.5 Å². The zero-order chi connectivity index (χ0) is 19.1. The van der Waals surface area contributed by atoms with Crippen molar-refractivity contribution in [2.24, 2.45) is 0 Å². The van der Waals surface area contributed by atoms with Gasteiger partial charge in [0.15, 0.2) is 6.61 Å². The Morgan fingerprint density at radius 1 is 1.04 bits per heavy atom. The van der Waals surface area contributed by atoms with Gasteiger partial charge < -0.3 is 19.5 Å². The highest BCUT2D eigenvalue weighted by Crippen LogP contribution is 2.28. The molecule has 1 N–H and O–H groups in total. The molecule has 0 aliphatic heterocycles. The predicted molar refractivity (Wildman–Crippen MR) is 91.6 cm³/mol. The second kappa shape index (κ2) is 8.47. The Kier molecular flexibility index (Phi) is 6.10. The van der Waals surface area contributed by atoms with E-state index in [-0.39, 0.29) is 22.7 Å². The smallest absolute Gasteiger partial charge is 0.338 e. The molecular formula is C17H16N2O7. The molecule has 0 aliphatic carbocycles. The first kappa shape index (κ1) is 18.7. The highest BCUT2D eigenvalue weighted by Gasteiger charge is 2.18. The maximum atomic E-state index is 11.9. The molecule has 0 fully saturated rings. The predicted octanol–water partition coefficient (Wildman–Crippen LogP) is 2.41. The summed E-state index contributed by atoms with van der Waals surface area (Å²) in [7, 11) is 2.87. The van der Waals surface area contributed by atoms with Crippen molar-refractivity contribution in [2.75, 3.05) is 26.1 Å². The van der Waals surface area contributed by atoms with E-state index in [1.165, 1.54) is 44.6 Å². The third kappa shape index (κ3) is 4.69. The van der Waals surface area contributed by atoms with Gasteiger partial charge in [-0.05, 0) is 36.4 Å². The molecule has 2 rings (SSSR count). The van der Waals surface area contributed by atoms with E-state index < -0.39 is 23.4 Å². The number of nitro benzene ring substituents is 1. The fourth-order valence-corrected chi connectivity index (χ4v) is 2.02. The first-order chi connectivity index (χ1) is 12.4. The number of carbonyl (C=O) groups excluding carboxylic acids is 2. The summed E-state index contributed by atoms with van der Waals surface area (Å²) in [6.07, 6.45) is 0. The molecule has 136 valence electrons. The van der Waals surface area contributed by atoms with E-state index in [4.69, 9.17) is 14.2 Å². The largest absolute Gasteiger partial charge is 0.497 e. The van der Waals surface area contributed by atoms with Crippen molar-refractivity contribution in [1.82, 2.24) is 0 Å². The van der Waals surface area contributed by atoms with E-state index in [0.29, 0.717) is 5.75 Å². The number of anilines is 1. The van der Waals surface area contributed by atoms with E-state index in [0.717, 1.165) is 0 Å². The van der Waals surface area contributed by atoms with Crippen molar-refractivity contribution in [2.45, 2.75) is 0 Å². The molecule has 0 radical (unpaired) electrons. The van der Waals surface area contributed by atoms with Gasteiger partial charge >= 0.3 is 5.97 Å². The van der Waals surface area contributed by atoms with Gasteiger partial charge in [0.2, 0.25) is 0 Å². The number of nitrogens with zero attached hydrogens (tertiary/aromatic N) is 1. The number of ether oxygens (including phenoxy) is 3. The summed E-state index contributed by atoms with van der Waals surface area (Å²) in [6.45, 7) is -0.589. The molecule has 0 aromatic heterocycles. The monoisotopic (exact) mass is 360 g/mol. The highest BCUT2D eigenvalue weighted by molar-refractivity contribution is 5.96. The first-order valence-corrected chi connectivity index (χ1v) is 7.38. The Morgan fingerprint density at radius 2 is 1.65 bits per heavy atom. The van der Waals surface area contributed by atoms with Gasteiger partial charge in [-0.2, -0.15) is 0 Å². The lowest BCUT2D eigenvalue weighted by Gasteiger charge is -2.08. The van der Waals surface area contributed by atoms with Gasteiger partial charge in [0, 0.05) is 0 Å². The lowest BCUT2D eigenvalue weighted by atomic mass is 10.2. The van der Waals surface area contributed by atoms with Crippen LogP contribution in [-0.2, 0) is 9.53 Å². The number of nitro groups is 1. The Morgan fingerprint density at radius 3 is 2.23 bits per heavy atom. The van der Waals surface area contributed by atoms with Crippen LogP contribution in [0.15, 0.2) is 42.5 Å². The van der Waals surface area contributed by atoms with Crippen LogP contribution in [0, 0.1) is 10.1 Å². The quantitative estimate of drug-likeness (QED) is 0.458. The lowest BCUT2D eigenvalue weighted by Crippen LogP contribution is -2.21. The number of nitrogens with one attached hydrogen (secondary N) is 1. The minimum Gasteiger partial charge on any atom is -0.497 e. The van der Waals surface area contributed by atoms with E-state index in [1.54, 1.807) is 12.1 Å². The molecule has 0 saturated heterocycles. The maximum Gasteiger partial charge on any atom is 0.338 e. The van der Waals surface area contributed by atoms with Crippen LogP contribution >= 0.6 is 0 Å². The number of hydrogen-bond donors (Lipinski definition) is 1. The summed E-state index contributed by atoms with van der Waals surface area (Å²) in [5.41, 5.74) is -0.116. The fraction of sp³-hybridized carbons (Fsp3) is 0.176. The van der Waals surface area contributed by atoms with E-state index in [1.807, 2.05) is 0 Å². The molecule has 1 amide bonds. The Labute approximate surface area is 148 Å². The van der Waals surface area contributed by atoms with Gasteiger partial charge in [-0.25, -0.2) is 4.79 Å². The highest BCUT2D eigenvalue weighted by atomic mass is 16.6. The van der Waals surface area contributed by atoms with Crippen LogP contribution in [0.4, 0.5) is 11.4 Å². The van der Waals surface area contributed by atoms with Crippen molar-refractivity contribution in [1.29, 1.82) is 0 Å². The van der Waals surface area contributed by atoms with Crippen LogP contribution in [0.3, 0.4) is 0 Å². The van der Waals surface area contributed by atoms with Gasteiger partial charge in [0.05, 0.1) is 30.8 Å². The molecule has 0 bridgehead atoms. The maximum absolute atomic E-state index is 11.9. The summed E-state index contributed by atoms with van der Waals surface area (Å²) in [5, 5.41) is 13.4. The average Bonchev–Trinajstić information content (AvgIpc) is 2.66. The summed E-state index contributed by atoms with van der Waals surface area (Å²) in [5.74, 6) is -0.557. The Bertz CT molecular complexity index is 818. The Balaban J connectivity index is 1.98. The van der Waals surface area contributed by atoms with Gasteiger partial charge in [-0.3, -0.25) is 14.9 Å². The fourth-order valence-electron chi connectivity index (χ4n) is 2.02. The van der Waals surface area contributed by atoms with Gasteiger partial charge in [-0.15, -0.1) is 0 Å². The van der Waals surface area contributed by atoms with Crippen molar-refractivity contribution < 1.29 is 28.7 Å². The molecule has 26 heavy (non-hydrogen) atoms. The number of amides is 1. The summed E-state index contributed by atoms with van der Waals surface area (Å²) >= 11 is 0. The third-order valence-electron chi connectivity index (χ3n) is 3.34. The van der Waals surface area contributed by atoms with Crippen LogP contribution in [-0.4, -0.2) is 37.6 Å². The second-order valence-electron chi connectivity index (χ2n) is 4.99. The summed E-state index contributed by atoms with van der Waals surface area (Å²) in [6, 6.07) is 10.1. The van der Waals surface area contributed by atoms with Crippen molar-refractivity contribution in [3.63, 3.8) is 0 Å². The second-order valence-corrected chi connectivity index (χ2v) is 4.99. The zero-order valence-corrected chi connectivity index (χ0v) is 14.1. The minimum atomic E-state index is -0.708. The van der Waals surface area contributed by atoms with E-state index >= 15 is 0 Å². The van der Waals surface area contributed by atoms with Crippen molar-refractivity contribution in [3.8, 4) is 11.5 Å². The van der Waals surface area contributed by atoms with E-state index in [9.17, 15) is 19.7 Å². The molecule has 0 saturated carbocycles. The van der Waals surface area contributed by atoms with Crippen molar-refractivity contribution in [3.05, 3.63) is 58.1 Å². The molecule has 2 aromatic rings. The van der Waals surface area contributed by atoms with Crippen LogP contribution in [0.2, 0.25) is 0 Å². The average molecular weight is 360 g/mol. The molecule has 0 heterocycles. The third-order valence-corrected chi connectivity index (χ3v) is 3.34. The van der Waals surface area contributed by atoms with Gasteiger partial charge in [-0.1, -0.05) is 0 Å². The standard InChI is InChI=1S/C17H16N2O7/c1-24-12-5-3-11(4-6-12)17(21)26-10-16(20)18-14-8-7-13(25-2)9-15(14)19(22)23/h3-9H,10H2,1-2H3,(H,18,20). The minimum absolute atomic E-state index is 0.0266. The molecule has 0 unspecified atom stereocenters. The number of carbonyl (C=O) groups is 2.